The number of hydrogen-bond acceptors (Lipinski definition) is 3. The van der Waals surface area contributed by atoms with Crippen molar-refractivity contribution >= 4 is 5.91 Å². The number of nitrogens with one attached hydrogen (secondary N) is 1. The molecule has 0 saturated carbocycles. The molecule has 0 saturated heterocycles. The summed E-state index contributed by atoms with van der Waals surface area (Å²) in [5.41, 5.74) is 3.76. The Balaban J connectivity index is 1.64. The van der Waals surface area contributed by atoms with Crippen molar-refractivity contribution in [3.63, 3.8) is 0 Å². The number of fused-ring (bicyclic) bond motifs is 1. The number of carbonyl (C=O) groups excluding carboxylic acids is 1. The van der Waals surface area contributed by atoms with Gasteiger partial charge < -0.3 is 10.2 Å². The number of aromatic nitrogens is 1. The number of benzene rings is 1. The monoisotopic (exact) mass is 313 g/mol. The van der Waals surface area contributed by atoms with E-state index >= 15 is 0 Å². The average molecular weight is 313 g/mol. The summed E-state index contributed by atoms with van der Waals surface area (Å²) in [6, 6.07) is 6.45. The molecule has 0 aliphatic carbocycles. The number of amides is 1. The molecule has 0 radical (unpaired) electrons. The molecule has 2 aromatic rings. The van der Waals surface area contributed by atoms with Crippen molar-refractivity contribution in [2.75, 3.05) is 20.1 Å². The molecule has 0 spiro atoms. The van der Waals surface area contributed by atoms with Gasteiger partial charge in [-0.25, -0.2) is 4.39 Å². The SMILES string of the molecule is CN1CCc2c(cncc2C(=O)NCCc2cccc(F)c2)C1. The smallest absolute Gasteiger partial charge is 0.253 e. The van der Waals surface area contributed by atoms with Crippen LogP contribution >= 0.6 is 0 Å². The average Bonchev–Trinajstić information content (AvgIpc) is 2.54. The Morgan fingerprint density at radius 2 is 2.26 bits per heavy atom. The number of likely N-dealkylation sites (N-methyl/N-ethyl adjacent to an activating group) is 1. The molecule has 0 bridgehead atoms. The van der Waals surface area contributed by atoms with Crippen LogP contribution < -0.4 is 5.32 Å². The van der Waals surface area contributed by atoms with E-state index in [1.54, 1.807) is 12.3 Å². The maximum absolute atomic E-state index is 13.1. The molecule has 0 unspecified atom stereocenters. The first-order valence-corrected chi connectivity index (χ1v) is 7.80. The Kier molecular flexibility index (Phi) is 4.67. The maximum atomic E-state index is 13.1. The van der Waals surface area contributed by atoms with E-state index in [0.29, 0.717) is 18.5 Å². The van der Waals surface area contributed by atoms with E-state index in [1.165, 1.54) is 12.1 Å². The first-order valence-electron chi connectivity index (χ1n) is 7.80. The Morgan fingerprint density at radius 3 is 3.09 bits per heavy atom. The van der Waals surface area contributed by atoms with E-state index in [1.807, 2.05) is 12.3 Å². The van der Waals surface area contributed by atoms with E-state index in [-0.39, 0.29) is 11.7 Å². The molecule has 1 aromatic carbocycles. The van der Waals surface area contributed by atoms with Gasteiger partial charge in [0.25, 0.3) is 5.91 Å². The second kappa shape index (κ2) is 6.87. The number of nitrogens with zero attached hydrogens (tertiary/aromatic N) is 2. The minimum Gasteiger partial charge on any atom is -0.352 e. The van der Waals surface area contributed by atoms with Crippen LogP contribution in [0.25, 0.3) is 0 Å². The van der Waals surface area contributed by atoms with Crippen molar-refractivity contribution in [1.29, 1.82) is 0 Å². The molecule has 1 aliphatic rings. The van der Waals surface area contributed by atoms with Gasteiger partial charge >= 0.3 is 0 Å². The zero-order valence-corrected chi connectivity index (χ0v) is 13.2. The molecule has 1 amide bonds. The Labute approximate surface area is 135 Å². The Morgan fingerprint density at radius 1 is 1.39 bits per heavy atom. The molecular weight excluding hydrogens is 293 g/mol. The highest BCUT2D eigenvalue weighted by Gasteiger charge is 2.20. The van der Waals surface area contributed by atoms with Crippen molar-refractivity contribution in [3.05, 3.63) is 64.7 Å². The summed E-state index contributed by atoms with van der Waals surface area (Å²) in [6.45, 7) is 2.25. The molecule has 2 heterocycles. The lowest BCUT2D eigenvalue weighted by Crippen LogP contribution is -2.31. The van der Waals surface area contributed by atoms with E-state index in [9.17, 15) is 9.18 Å². The summed E-state index contributed by atoms with van der Waals surface area (Å²) >= 11 is 0. The van der Waals surface area contributed by atoms with Gasteiger partial charge in [-0.05, 0) is 48.7 Å². The van der Waals surface area contributed by atoms with Crippen LogP contribution in [0.3, 0.4) is 0 Å². The molecule has 1 aliphatic heterocycles. The molecule has 3 rings (SSSR count). The van der Waals surface area contributed by atoms with Crippen LogP contribution in [-0.2, 0) is 19.4 Å². The second-order valence-electron chi connectivity index (χ2n) is 5.95. The number of rotatable bonds is 4. The predicted molar refractivity (Wildman–Crippen MR) is 86.7 cm³/mol. The quantitative estimate of drug-likeness (QED) is 0.941. The summed E-state index contributed by atoms with van der Waals surface area (Å²) in [5.74, 6) is -0.352. The predicted octanol–water partition coefficient (Wildman–Crippen LogP) is 2.18. The summed E-state index contributed by atoms with van der Waals surface area (Å²) in [4.78, 5) is 18.8. The summed E-state index contributed by atoms with van der Waals surface area (Å²) in [6.07, 6.45) is 4.95. The zero-order chi connectivity index (χ0) is 16.2. The van der Waals surface area contributed by atoms with Gasteiger partial charge in [0.1, 0.15) is 5.82 Å². The fraction of sp³-hybridized carbons (Fsp3) is 0.333. The van der Waals surface area contributed by atoms with Crippen LogP contribution in [0.1, 0.15) is 27.0 Å². The van der Waals surface area contributed by atoms with Crippen molar-refractivity contribution < 1.29 is 9.18 Å². The third-order valence-corrected chi connectivity index (χ3v) is 4.16. The number of hydrogen-bond donors (Lipinski definition) is 1. The lowest BCUT2D eigenvalue weighted by molar-refractivity contribution is 0.0952. The maximum Gasteiger partial charge on any atom is 0.253 e. The Bertz CT molecular complexity index is 717. The topological polar surface area (TPSA) is 45.2 Å². The molecule has 1 N–H and O–H groups in total. The highest BCUT2D eigenvalue weighted by atomic mass is 19.1. The molecule has 0 fully saturated rings. The lowest BCUT2D eigenvalue weighted by Gasteiger charge is -2.26. The third-order valence-electron chi connectivity index (χ3n) is 4.16. The van der Waals surface area contributed by atoms with E-state index in [0.717, 1.165) is 36.2 Å². The van der Waals surface area contributed by atoms with Crippen LogP contribution in [0, 0.1) is 5.82 Å². The van der Waals surface area contributed by atoms with E-state index < -0.39 is 0 Å². The van der Waals surface area contributed by atoms with Crippen LogP contribution in [0.2, 0.25) is 0 Å². The number of carbonyl (C=O) groups is 1. The minimum atomic E-state index is -0.251. The minimum absolute atomic E-state index is 0.102. The molecule has 0 atom stereocenters. The fourth-order valence-corrected chi connectivity index (χ4v) is 2.94. The van der Waals surface area contributed by atoms with Crippen molar-refractivity contribution in [2.24, 2.45) is 0 Å². The highest BCUT2D eigenvalue weighted by Crippen LogP contribution is 2.20. The van der Waals surface area contributed by atoms with Gasteiger partial charge in [-0.1, -0.05) is 12.1 Å². The van der Waals surface area contributed by atoms with E-state index in [4.69, 9.17) is 0 Å². The molecule has 1 aromatic heterocycles. The summed E-state index contributed by atoms with van der Waals surface area (Å²) in [7, 11) is 2.06. The van der Waals surface area contributed by atoms with Crippen LogP contribution in [0.5, 0.6) is 0 Å². The van der Waals surface area contributed by atoms with Gasteiger partial charge in [-0.2, -0.15) is 0 Å². The number of pyridine rings is 1. The van der Waals surface area contributed by atoms with Gasteiger partial charge in [0, 0.05) is 32.0 Å². The first-order chi connectivity index (χ1) is 11.1. The van der Waals surface area contributed by atoms with Crippen LogP contribution in [-0.4, -0.2) is 35.9 Å². The third kappa shape index (κ3) is 3.74. The number of halogens is 1. The van der Waals surface area contributed by atoms with Crippen molar-refractivity contribution in [3.8, 4) is 0 Å². The van der Waals surface area contributed by atoms with Gasteiger partial charge in [-0.3, -0.25) is 9.78 Å². The van der Waals surface area contributed by atoms with Crippen LogP contribution in [0.15, 0.2) is 36.7 Å². The second-order valence-corrected chi connectivity index (χ2v) is 5.95. The standard InChI is InChI=1S/C18H20FN3O/c1-22-8-6-16-14(12-22)10-20-11-17(16)18(23)21-7-5-13-3-2-4-15(19)9-13/h2-4,9-11H,5-8,12H2,1H3,(H,21,23). The van der Waals surface area contributed by atoms with Gasteiger partial charge in [0.05, 0.1) is 5.56 Å². The van der Waals surface area contributed by atoms with Gasteiger partial charge in [0.2, 0.25) is 0 Å². The first kappa shape index (κ1) is 15.6. The normalized spacial score (nSPS) is 14.3. The van der Waals surface area contributed by atoms with Crippen molar-refractivity contribution in [2.45, 2.75) is 19.4 Å². The molecule has 23 heavy (non-hydrogen) atoms. The van der Waals surface area contributed by atoms with Gasteiger partial charge in [-0.15, -0.1) is 0 Å². The van der Waals surface area contributed by atoms with Gasteiger partial charge in [0.15, 0.2) is 0 Å². The lowest BCUT2D eigenvalue weighted by atomic mass is 9.97. The van der Waals surface area contributed by atoms with E-state index in [2.05, 4.69) is 22.2 Å². The van der Waals surface area contributed by atoms with Crippen molar-refractivity contribution in [1.82, 2.24) is 15.2 Å². The molecular formula is C18H20FN3O. The molecule has 5 heteroatoms. The highest BCUT2D eigenvalue weighted by molar-refractivity contribution is 5.95. The summed E-state index contributed by atoms with van der Waals surface area (Å²) < 4.78 is 13.1. The molecule has 4 nitrogen and oxygen atoms in total. The summed E-state index contributed by atoms with van der Waals surface area (Å²) in [5, 5.41) is 2.91. The fourth-order valence-electron chi connectivity index (χ4n) is 2.94. The molecule has 120 valence electrons. The van der Waals surface area contributed by atoms with Crippen LogP contribution in [0.4, 0.5) is 4.39 Å². The largest absolute Gasteiger partial charge is 0.352 e. The Hall–Kier alpha value is -2.27. The zero-order valence-electron chi connectivity index (χ0n) is 13.2.